The number of furan rings is 1. The molecular weight excluding hydrogens is 528 g/mol. The zero-order valence-electron chi connectivity index (χ0n) is 22.9. The van der Waals surface area contributed by atoms with Gasteiger partial charge in [-0.1, -0.05) is 42.5 Å². The van der Waals surface area contributed by atoms with Crippen LogP contribution in [0.15, 0.2) is 102 Å². The van der Waals surface area contributed by atoms with Crippen LogP contribution in [0.5, 0.6) is 5.75 Å². The van der Waals surface area contributed by atoms with Crippen molar-refractivity contribution in [2.75, 3.05) is 4.90 Å². The van der Waals surface area contributed by atoms with Crippen molar-refractivity contribution in [1.29, 1.82) is 0 Å². The van der Waals surface area contributed by atoms with Crippen molar-refractivity contribution in [1.82, 2.24) is 9.78 Å². The normalized spacial score (nSPS) is 11.3. The number of carbonyl (C=O) groups excluding carboxylic acids is 1. The van der Waals surface area contributed by atoms with E-state index in [1.165, 1.54) is 24.5 Å². The lowest BCUT2D eigenvalue weighted by Crippen LogP contribution is -2.28. The standard InChI is InChI=1S/C32H29F2N3O4/c1-32(2,3)41-31(38)37-27(28-10-7-17-39-28)19-30(35-37)36(20-22-11-13-24(33)14-12-22)25-15-16-26(34)29(18-25)40-21-23-8-5-4-6-9-23/h4-19H,20-21H2,1-3H3. The molecule has 0 N–H and O–H groups in total. The lowest BCUT2D eigenvalue weighted by Gasteiger charge is -2.23. The number of halogens is 2. The Kier molecular flexibility index (Phi) is 7.87. The minimum Gasteiger partial charge on any atom is -0.486 e. The average molecular weight is 558 g/mol. The van der Waals surface area contributed by atoms with Crippen molar-refractivity contribution in [3.63, 3.8) is 0 Å². The topological polar surface area (TPSA) is 69.7 Å². The molecule has 0 amide bonds. The van der Waals surface area contributed by atoms with Crippen LogP contribution in [0.1, 0.15) is 31.9 Å². The van der Waals surface area contributed by atoms with Gasteiger partial charge in [0.05, 0.1) is 6.26 Å². The van der Waals surface area contributed by atoms with Crippen LogP contribution >= 0.6 is 0 Å². The predicted molar refractivity (Wildman–Crippen MR) is 151 cm³/mol. The number of nitrogens with zero attached hydrogens (tertiary/aromatic N) is 3. The first-order chi connectivity index (χ1) is 19.7. The van der Waals surface area contributed by atoms with Crippen LogP contribution in [0, 0.1) is 11.6 Å². The van der Waals surface area contributed by atoms with E-state index in [-0.39, 0.29) is 24.7 Å². The van der Waals surface area contributed by atoms with Crippen molar-refractivity contribution in [3.8, 4) is 17.2 Å². The van der Waals surface area contributed by atoms with Gasteiger partial charge in [-0.2, -0.15) is 4.68 Å². The molecule has 7 nitrogen and oxygen atoms in total. The summed E-state index contributed by atoms with van der Waals surface area (Å²) in [4.78, 5) is 14.9. The molecule has 0 fully saturated rings. The van der Waals surface area contributed by atoms with E-state index in [9.17, 15) is 13.6 Å². The summed E-state index contributed by atoms with van der Waals surface area (Å²) >= 11 is 0. The summed E-state index contributed by atoms with van der Waals surface area (Å²) in [6.45, 7) is 5.69. The number of hydrogen-bond acceptors (Lipinski definition) is 6. The van der Waals surface area contributed by atoms with Crippen LogP contribution in [0.4, 0.5) is 25.1 Å². The summed E-state index contributed by atoms with van der Waals surface area (Å²) in [6, 6.07) is 25.0. The maximum atomic E-state index is 14.8. The summed E-state index contributed by atoms with van der Waals surface area (Å²) in [6.07, 6.45) is 0.802. The molecule has 0 bridgehead atoms. The molecule has 41 heavy (non-hydrogen) atoms. The van der Waals surface area contributed by atoms with Crippen LogP contribution < -0.4 is 9.64 Å². The van der Waals surface area contributed by atoms with Gasteiger partial charge in [0.2, 0.25) is 0 Å². The Morgan fingerprint density at radius 3 is 2.37 bits per heavy atom. The van der Waals surface area contributed by atoms with Crippen molar-refractivity contribution >= 4 is 17.6 Å². The summed E-state index contributed by atoms with van der Waals surface area (Å²) in [5, 5.41) is 4.59. The van der Waals surface area contributed by atoms with E-state index in [1.54, 1.807) is 68.1 Å². The van der Waals surface area contributed by atoms with Gasteiger partial charge in [-0.25, -0.2) is 13.6 Å². The molecule has 5 rings (SSSR count). The molecule has 3 aromatic carbocycles. The van der Waals surface area contributed by atoms with E-state index < -0.39 is 17.5 Å². The van der Waals surface area contributed by atoms with Gasteiger partial charge in [-0.15, -0.1) is 5.10 Å². The first kappa shape index (κ1) is 27.6. The highest BCUT2D eigenvalue weighted by atomic mass is 19.1. The first-order valence-corrected chi connectivity index (χ1v) is 13.0. The Labute approximate surface area is 236 Å². The second-order valence-corrected chi connectivity index (χ2v) is 10.4. The van der Waals surface area contributed by atoms with Crippen molar-refractivity contribution in [2.45, 2.75) is 39.5 Å². The van der Waals surface area contributed by atoms with Crippen LogP contribution in [-0.2, 0) is 17.9 Å². The van der Waals surface area contributed by atoms with Crippen LogP contribution in [0.3, 0.4) is 0 Å². The van der Waals surface area contributed by atoms with Crippen molar-refractivity contribution < 1.29 is 27.5 Å². The second kappa shape index (κ2) is 11.7. The van der Waals surface area contributed by atoms with Gasteiger partial charge < -0.3 is 18.8 Å². The average Bonchev–Trinajstić information content (AvgIpc) is 3.63. The number of rotatable bonds is 8. The molecule has 5 aromatic rings. The molecule has 2 aromatic heterocycles. The zero-order chi connectivity index (χ0) is 29.0. The molecule has 0 aliphatic carbocycles. The molecule has 0 spiro atoms. The molecule has 0 radical (unpaired) electrons. The maximum Gasteiger partial charge on any atom is 0.435 e. The second-order valence-electron chi connectivity index (χ2n) is 10.4. The number of carbonyl (C=O) groups is 1. The smallest absolute Gasteiger partial charge is 0.435 e. The lowest BCUT2D eigenvalue weighted by atomic mass is 10.1. The number of aromatic nitrogens is 2. The quantitative estimate of drug-likeness (QED) is 0.192. The molecule has 0 saturated heterocycles. The maximum absolute atomic E-state index is 14.8. The Bertz CT molecular complexity index is 1610. The van der Waals surface area contributed by atoms with Gasteiger partial charge in [0.15, 0.2) is 23.1 Å². The summed E-state index contributed by atoms with van der Waals surface area (Å²) in [5.41, 5.74) is 1.79. The Hall–Kier alpha value is -4.92. The molecule has 0 saturated carbocycles. The molecule has 0 aliphatic heterocycles. The zero-order valence-corrected chi connectivity index (χ0v) is 22.9. The predicted octanol–water partition coefficient (Wildman–Crippen LogP) is 8.12. The van der Waals surface area contributed by atoms with Crippen molar-refractivity contribution in [3.05, 3.63) is 120 Å². The fraction of sp³-hybridized carbons (Fsp3) is 0.188. The number of benzene rings is 3. The highest BCUT2D eigenvalue weighted by Gasteiger charge is 2.26. The number of hydrogen-bond donors (Lipinski definition) is 0. The van der Waals surface area contributed by atoms with E-state index in [0.717, 1.165) is 15.8 Å². The highest BCUT2D eigenvalue weighted by Crippen LogP contribution is 2.34. The van der Waals surface area contributed by atoms with Gasteiger partial charge in [0.25, 0.3) is 0 Å². The largest absolute Gasteiger partial charge is 0.486 e. The summed E-state index contributed by atoms with van der Waals surface area (Å²) in [7, 11) is 0. The van der Waals surface area contributed by atoms with Crippen LogP contribution in [0.2, 0.25) is 0 Å². The van der Waals surface area contributed by atoms with E-state index in [0.29, 0.717) is 23.0 Å². The molecule has 210 valence electrons. The molecule has 0 atom stereocenters. The Balaban J connectivity index is 1.56. The molecular formula is C32H29F2N3O4. The van der Waals surface area contributed by atoms with E-state index in [1.807, 2.05) is 30.3 Å². The fourth-order valence-electron chi connectivity index (χ4n) is 4.13. The van der Waals surface area contributed by atoms with Crippen LogP contribution in [0.25, 0.3) is 11.5 Å². The van der Waals surface area contributed by atoms with Gasteiger partial charge in [0.1, 0.15) is 23.7 Å². The molecule has 2 heterocycles. The number of anilines is 2. The molecule has 0 unspecified atom stereocenters. The van der Waals surface area contributed by atoms with Gasteiger partial charge >= 0.3 is 6.09 Å². The minimum atomic E-state index is -0.765. The molecule has 0 aliphatic rings. The van der Waals surface area contributed by atoms with Gasteiger partial charge in [-0.3, -0.25) is 0 Å². The number of ether oxygens (including phenoxy) is 2. The first-order valence-electron chi connectivity index (χ1n) is 13.0. The van der Waals surface area contributed by atoms with E-state index in [2.05, 4.69) is 5.10 Å². The minimum absolute atomic E-state index is 0.0493. The Morgan fingerprint density at radius 2 is 1.68 bits per heavy atom. The highest BCUT2D eigenvalue weighted by molar-refractivity contribution is 5.79. The third-order valence-electron chi connectivity index (χ3n) is 6.03. The lowest BCUT2D eigenvalue weighted by molar-refractivity contribution is 0.0517. The van der Waals surface area contributed by atoms with Crippen LogP contribution in [-0.4, -0.2) is 21.5 Å². The van der Waals surface area contributed by atoms with E-state index >= 15 is 0 Å². The SMILES string of the molecule is CC(C)(C)OC(=O)n1nc(N(Cc2ccc(F)cc2)c2ccc(F)c(OCc3ccccc3)c2)cc1-c1ccco1. The summed E-state index contributed by atoms with van der Waals surface area (Å²) < 4.78 is 46.7. The van der Waals surface area contributed by atoms with E-state index in [4.69, 9.17) is 13.9 Å². The Morgan fingerprint density at radius 1 is 0.927 bits per heavy atom. The van der Waals surface area contributed by atoms with Crippen molar-refractivity contribution in [2.24, 2.45) is 0 Å². The van der Waals surface area contributed by atoms with Gasteiger partial charge in [0, 0.05) is 24.4 Å². The third-order valence-corrected chi connectivity index (χ3v) is 6.03. The summed E-state index contributed by atoms with van der Waals surface area (Å²) in [5.74, 6) is -0.0854. The van der Waals surface area contributed by atoms with Gasteiger partial charge in [-0.05, 0) is 68.3 Å². The third kappa shape index (κ3) is 6.81. The monoisotopic (exact) mass is 557 g/mol. The molecule has 9 heteroatoms. The fourth-order valence-corrected chi connectivity index (χ4v) is 4.13.